The molecule has 0 radical (unpaired) electrons. The van der Waals surface area contributed by atoms with Crippen molar-refractivity contribution in [2.45, 2.75) is 5.60 Å². The lowest BCUT2D eigenvalue weighted by molar-refractivity contribution is 0.122. The lowest BCUT2D eigenvalue weighted by atomic mass is 9.87. The molecule has 0 spiro atoms. The molecule has 1 N–H and O–H groups in total. The van der Waals surface area contributed by atoms with Crippen LogP contribution < -0.4 is 0 Å². The Hall–Kier alpha value is -1.81. The summed E-state index contributed by atoms with van der Waals surface area (Å²) in [5.41, 5.74) is 0.739. The van der Waals surface area contributed by atoms with Crippen LogP contribution in [0.25, 0.3) is 5.69 Å². The average Bonchev–Trinajstić information content (AvgIpc) is 3.03. The molecular weight excluding hydrogens is 307 g/mol. The summed E-state index contributed by atoms with van der Waals surface area (Å²) in [6.45, 7) is 0. The Balaban J connectivity index is 2.11. The number of imidazole rings is 1. The number of rotatable bonds is 1. The average molecular weight is 317 g/mol. The van der Waals surface area contributed by atoms with Gasteiger partial charge in [-0.25, -0.2) is 4.98 Å². The van der Waals surface area contributed by atoms with Gasteiger partial charge in [0, 0.05) is 33.6 Å². The van der Waals surface area contributed by atoms with Crippen LogP contribution in [0.5, 0.6) is 0 Å². The molecule has 1 aliphatic heterocycles. The van der Waals surface area contributed by atoms with Crippen LogP contribution >= 0.6 is 23.2 Å². The van der Waals surface area contributed by atoms with Crippen LogP contribution in [-0.4, -0.2) is 14.7 Å². The van der Waals surface area contributed by atoms with Crippen molar-refractivity contribution in [3.8, 4) is 5.69 Å². The van der Waals surface area contributed by atoms with E-state index in [0.29, 0.717) is 27.0 Å². The second-order valence-corrected chi connectivity index (χ2v) is 5.82. The van der Waals surface area contributed by atoms with Crippen molar-refractivity contribution in [1.29, 1.82) is 0 Å². The highest BCUT2D eigenvalue weighted by Gasteiger charge is 2.46. The van der Waals surface area contributed by atoms with Gasteiger partial charge in [-0.15, -0.1) is 0 Å². The molecule has 2 heterocycles. The second kappa shape index (κ2) is 4.34. The van der Waals surface area contributed by atoms with Crippen molar-refractivity contribution in [2.75, 3.05) is 0 Å². The van der Waals surface area contributed by atoms with E-state index in [4.69, 9.17) is 23.2 Å². The summed E-state index contributed by atoms with van der Waals surface area (Å²) in [6.07, 6.45) is 3.48. The third kappa shape index (κ3) is 1.62. The number of hydrogen-bond acceptors (Lipinski definition) is 2. The minimum Gasteiger partial charge on any atom is -0.373 e. The zero-order chi connectivity index (χ0) is 14.6. The summed E-state index contributed by atoms with van der Waals surface area (Å²) >= 11 is 12.4. The topological polar surface area (TPSA) is 38.0 Å². The van der Waals surface area contributed by atoms with Gasteiger partial charge in [-0.05, 0) is 24.3 Å². The molecule has 0 aliphatic carbocycles. The SMILES string of the molecule is OC1(c2ccccc2Cl)c2cc(Cl)ccc2-n2ccnc21. The van der Waals surface area contributed by atoms with E-state index in [-0.39, 0.29) is 0 Å². The number of hydrogen-bond donors (Lipinski definition) is 1. The number of benzene rings is 2. The van der Waals surface area contributed by atoms with Crippen LogP contribution in [0.1, 0.15) is 17.0 Å². The lowest BCUT2D eigenvalue weighted by Crippen LogP contribution is -2.27. The van der Waals surface area contributed by atoms with E-state index in [1.807, 2.05) is 29.0 Å². The number of aromatic nitrogens is 2. The maximum atomic E-state index is 11.4. The highest BCUT2D eigenvalue weighted by atomic mass is 35.5. The maximum absolute atomic E-state index is 11.4. The summed E-state index contributed by atoms with van der Waals surface area (Å²) in [7, 11) is 0. The van der Waals surface area contributed by atoms with E-state index in [9.17, 15) is 5.11 Å². The van der Waals surface area contributed by atoms with Crippen molar-refractivity contribution in [3.05, 3.63) is 81.9 Å². The predicted molar refractivity (Wildman–Crippen MR) is 82.1 cm³/mol. The molecule has 1 unspecified atom stereocenters. The van der Waals surface area contributed by atoms with E-state index in [0.717, 1.165) is 5.69 Å². The van der Waals surface area contributed by atoms with E-state index in [2.05, 4.69) is 4.98 Å². The molecule has 3 aromatic rings. The molecule has 21 heavy (non-hydrogen) atoms. The molecule has 0 fully saturated rings. The number of fused-ring (bicyclic) bond motifs is 3. The van der Waals surface area contributed by atoms with Crippen molar-refractivity contribution in [2.24, 2.45) is 0 Å². The second-order valence-electron chi connectivity index (χ2n) is 4.97. The summed E-state index contributed by atoms with van der Waals surface area (Å²) in [4.78, 5) is 4.32. The Labute approximate surface area is 131 Å². The van der Waals surface area contributed by atoms with E-state index >= 15 is 0 Å². The van der Waals surface area contributed by atoms with Gasteiger partial charge in [-0.1, -0.05) is 41.4 Å². The first-order valence-electron chi connectivity index (χ1n) is 6.44. The van der Waals surface area contributed by atoms with E-state index < -0.39 is 5.60 Å². The van der Waals surface area contributed by atoms with Gasteiger partial charge in [0.15, 0.2) is 11.4 Å². The molecule has 1 aromatic heterocycles. The summed E-state index contributed by atoms with van der Waals surface area (Å²) in [6, 6.07) is 12.7. The van der Waals surface area contributed by atoms with Crippen LogP contribution in [0.4, 0.5) is 0 Å². The maximum Gasteiger partial charge on any atom is 0.177 e. The fourth-order valence-electron chi connectivity index (χ4n) is 2.91. The molecule has 1 atom stereocenters. The molecule has 104 valence electrons. The van der Waals surface area contributed by atoms with Crippen molar-refractivity contribution in [3.63, 3.8) is 0 Å². The van der Waals surface area contributed by atoms with Crippen molar-refractivity contribution < 1.29 is 5.11 Å². The van der Waals surface area contributed by atoms with Crippen molar-refractivity contribution in [1.82, 2.24) is 9.55 Å². The summed E-state index contributed by atoms with van der Waals surface area (Å²) in [5, 5.41) is 12.5. The smallest absolute Gasteiger partial charge is 0.177 e. The fourth-order valence-corrected chi connectivity index (χ4v) is 3.36. The highest BCUT2D eigenvalue weighted by Crippen LogP contribution is 2.47. The van der Waals surface area contributed by atoms with Gasteiger partial charge >= 0.3 is 0 Å². The fraction of sp³-hybridized carbons (Fsp3) is 0.0625. The van der Waals surface area contributed by atoms with Gasteiger partial charge in [-0.3, -0.25) is 0 Å². The summed E-state index contributed by atoms with van der Waals surface area (Å²) in [5.74, 6) is 0.521. The molecule has 0 saturated heterocycles. The Bertz CT molecular complexity index is 859. The van der Waals surface area contributed by atoms with Crippen LogP contribution in [0.2, 0.25) is 10.0 Å². The van der Waals surface area contributed by atoms with Gasteiger partial charge in [-0.2, -0.15) is 0 Å². The standard InChI is InChI=1S/C16H10Cl2N2O/c17-10-5-6-14-12(9-10)16(21,15-19-7-8-20(14)15)11-3-1-2-4-13(11)18/h1-9,21H. The van der Waals surface area contributed by atoms with E-state index in [1.54, 1.807) is 30.5 Å². The molecule has 0 bridgehead atoms. The van der Waals surface area contributed by atoms with Gasteiger partial charge < -0.3 is 9.67 Å². The van der Waals surface area contributed by atoms with Crippen molar-refractivity contribution >= 4 is 23.2 Å². The molecule has 2 aromatic carbocycles. The molecule has 4 rings (SSSR count). The van der Waals surface area contributed by atoms with Crippen LogP contribution in [0, 0.1) is 0 Å². The largest absolute Gasteiger partial charge is 0.373 e. The first-order valence-corrected chi connectivity index (χ1v) is 7.19. The minimum atomic E-state index is -1.40. The van der Waals surface area contributed by atoms with Gasteiger partial charge in [0.2, 0.25) is 0 Å². The third-order valence-electron chi connectivity index (χ3n) is 3.84. The predicted octanol–water partition coefficient (Wildman–Crippen LogP) is 3.78. The molecular formula is C16H10Cl2N2O. The number of nitrogens with zero attached hydrogens (tertiary/aromatic N) is 2. The van der Waals surface area contributed by atoms with Gasteiger partial charge in [0.05, 0.1) is 5.69 Å². The number of aliphatic hydroxyl groups is 1. The normalized spacial score (nSPS) is 19.4. The molecule has 3 nitrogen and oxygen atoms in total. The Morgan fingerprint density at radius 1 is 1.05 bits per heavy atom. The third-order valence-corrected chi connectivity index (χ3v) is 4.40. The number of halogens is 2. The Morgan fingerprint density at radius 3 is 2.67 bits per heavy atom. The van der Waals surface area contributed by atoms with Crippen LogP contribution in [0.3, 0.4) is 0 Å². The Morgan fingerprint density at radius 2 is 1.86 bits per heavy atom. The van der Waals surface area contributed by atoms with Gasteiger partial charge in [0.1, 0.15) is 0 Å². The zero-order valence-electron chi connectivity index (χ0n) is 10.8. The quantitative estimate of drug-likeness (QED) is 0.742. The highest BCUT2D eigenvalue weighted by molar-refractivity contribution is 6.31. The zero-order valence-corrected chi connectivity index (χ0v) is 12.3. The lowest BCUT2D eigenvalue weighted by Gasteiger charge is -2.24. The minimum absolute atomic E-state index is 0.488. The summed E-state index contributed by atoms with van der Waals surface area (Å²) < 4.78 is 1.86. The molecule has 1 aliphatic rings. The monoisotopic (exact) mass is 316 g/mol. The van der Waals surface area contributed by atoms with Crippen LogP contribution in [-0.2, 0) is 5.60 Å². The molecule has 5 heteroatoms. The van der Waals surface area contributed by atoms with Gasteiger partial charge in [0.25, 0.3) is 0 Å². The van der Waals surface area contributed by atoms with Crippen LogP contribution in [0.15, 0.2) is 54.9 Å². The Kier molecular flexibility index (Phi) is 2.67. The first kappa shape index (κ1) is 12.9. The molecule has 0 saturated carbocycles. The first-order chi connectivity index (χ1) is 10.1. The molecule has 0 amide bonds. The van der Waals surface area contributed by atoms with E-state index in [1.165, 1.54) is 0 Å².